The van der Waals surface area contributed by atoms with Crippen molar-refractivity contribution in [3.63, 3.8) is 0 Å². The van der Waals surface area contributed by atoms with Crippen LogP contribution in [0.1, 0.15) is 44.1 Å². The number of likely N-dealkylation sites (tertiary alicyclic amines) is 1. The van der Waals surface area contributed by atoms with Crippen molar-refractivity contribution in [2.24, 2.45) is 10.4 Å². The van der Waals surface area contributed by atoms with Crippen LogP contribution in [0.2, 0.25) is 5.02 Å². The number of nitrogens with one attached hydrogen (secondary N) is 1. The summed E-state index contributed by atoms with van der Waals surface area (Å²) in [4.78, 5) is 7.05. The Hall–Kier alpha value is -0.530. The van der Waals surface area contributed by atoms with Crippen LogP contribution < -0.4 is 5.32 Å². The number of benzene rings is 1. The lowest BCUT2D eigenvalue weighted by atomic mass is 9.68. The Kier molecular flexibility index (Phi) is 6.96. The molecule has 2 saturated heterocycles. The van der Waals surface area contributed by atoms with Crippen LogP contribution in [0.4, 0.5) is 0 Å². The molecule has 1 aromatic carbocycles. The van der Waals surface area contributed by atoms with E-state index in [1.54, 1.807) is 0 Å². The number of hydrogen-bond donors (Lipinski definition) is 1. The molecule has 1 aliphatic carbocycles. The van der Waals surface area contributed by atoms with E-state index in [-0.39, 0.29) is 29.4 Å². The van der Waals surface area contributed by atoms with Gasteiger partial charge in [-0.3, -0.25) is 4.99 Å². The lowest BCUT2D eigenvalue weighted by molar-refractivity contribution is 0.0512. The number of aliphatic imine (C=N–C) groups is 1. The van der Waals surface area contributed by atoms with Crippen LogP contribution >= 0.6 is 35.6 Å². The van der Waals surface area contributed by atoms with Crippen LogP contribution in [0, 0.1) is 5.41 Å². The highest BCUT2D eigenvalue weighted by Gasteiger charge is 2.44. The molecule has 2 aliphatic heterocycles. The average molecular weight is 504 g/mol. The molecule has 1 N–H and O–H groups in total. The minimum atomic E-state index is 0. The largest absolute Gasteiger partial charge is 0.381 e. The molecule has 0 bridgehead atoms. The van der Waals surface area contributed by atoms with Gasteiger partial charge in [0.2, 0.25) is 0 Å². The molecular formula is C21H31ClIN3O. The molecule has 4 nitrogen and oxygen atoms in total. The molecule has 3 fully saturated rings. The van der Waals surface area contributed by atoms with Gasteiger partial charge in [0.05, 0.1) is 0 Å². The van der Waals surface area contributed by atoms with Crippen LogP contribution in [0.15, 0.2) is 29.3 Å². The van der Waals surface area contributed by atoms with Crippen LogP contribution in [0.3, 0.4) is 0 Å². The Morgan fingerprint density at radius 1 is 1.19 bits per heavy atom. The summed E-state index contributed by atoms with van der Waals surface area (Å²) < 4.78 is 5.66. The fraction of sp³-hybridized carbons (Fsp3) is 0.667. The minimum Gasteiger partial charge on any atom is -0.381 e. The first kappa shape index (κ1) is 21.2. The molecule has 27 heavy (non-hydrogen) atoms. The van der Waals surface area contributed by atoms with Crippen LogP contribution in [0.25, 0.3) is 0 Å². The number of rotatable bonds is 3. The Labute approximate surface area is 185 Å². The molecule has 1 saturated carbocycles. The van der Waals surface area contributed by atoms with Gasteiger partial charge in [0, 0.05) is 50.3 Å². The molecule has 0 radical (unpaired) electrons. The molecule has 3 aliphatic rings. The van der Waals surface area contributed by atoms with E-state index in [1.165, 1.54) is 31.2 Å². The standard InChI is InChI=1S/C21H30ClN3O.HI/c1-23-19(25-12-9-20(16-25)7-4-8-20)24-15-21(10-13-26-14-11-21)17-5-2-3-6-18(17)22;/h2-3,5-6H,4,7-16H2,1H3,(H,23,24);1H. The van der Waals surface area contributed by atoms with E-state index in [0.29, 0.717) is 5.41 Å². The van der Waals surface area contributed by atoms with Crippen molar-refractivity contribution in [3.05, 3.63) is 34.9 Å². The van der Waals surface area contributed by atoms with E-state index >= 15 is 0 Å². The molecule has 0 aromatic heterocycles. The molecule has 2 heterocycles. The van der Waals surface area contributed by atoms with Gasteiger partial charge < -0.3 is 15.0 Å². The van der Waals surface area contributed by atoms with Crippen LogP contribution in [-0.2, 0) is 10.2 Å². The van der Waals surface area contributed by atoms with E-state index in [1.807, 2.05) is 19.2 Å². The Morgan fingerprint density at radius 3 is 2.52 bits per heavy atom. The predicted molar refractivity (Wildman–Crippen MR) is 122 cm³/mol. The fourth-order valence-electron chi connectivity index (χ4n) is 4.98. The topological polar surface area (TPSA) is 36.9 Å². The smallest absolute Gasteiger partial charge is 0.193 e. The van der Waals surface area contributed by atoms with E-state index in [0.717, 1.165) is 56.7 Å². The monoisotopic (exact) mass is 503 g/mol. The Balaban J connectivity index is 0.00000210. The third kappa shape index (κ3) is 4.25. The van der Waals surface area contributed by atoms with Gasteiger partial charge in [-0.1, -0.05) is 36.2 Å². The second kappa shape index (κ2) is 8.87. The molecule has 1 spiro atoms. The molecule has 0 unspecified atom stereocenters. The van der Waals surface area contributed by atoms with Crippen LogP contribution in [-0.4, -0.2) is 50.8 Å². The first-order valence-corrected chi connectivity index (χ1v) is 10.3. The summed E-state index contributed by atoms with van der Waals surface area (Å²) in [6.45, 7) is 4.73. The second-order valence-corrected chi connectivity index (χ2v) is 8.71. The van der Waals surface area contributed by atoms with E-state index in [4.69, 9.17) is 16.3 Å². The lowest BCUT2D eigenvalue weighted by Gasteiger charge is -2.40. The number of ether oxygens (including phenoxy) is 1. The first-order chi connectivity index (χ1) is 12.7. The highest BCUT2D eigenvalue weighted by atomic mass is 127. The van der Waals surface area contributed by atoms with E-state index in [9.17, 15) is 0 Å². The van der Waals surface area contributed by atoms with E-state index < -0.39 is 0 Å². The fourth-order valence-corrected chi connectivity index (χ4v) is 5.31. The highest BCUT2D eigenvalue weighted by Crippen LogP contribution is 2.48. The quantitative estimate of drug-likeness (QED) is 0.376. The van der Waals surface area contributed by atoms with Crippen molar-refractivity contribution >= 4 is 41.5 Å². The van der Waals surface area contributed by atoms with E-state index in [2.05, 4.69) is 27.3 Å². The highest BCUT2D eigenvalue weighted by molar-refractivity contribution is 14.0. The van der Waals surface area contributed by atoms with Gasteiger partial charge in [0.1, 0.15) is 0 Å². The summed E-state index contributed by atoms with van der Waals surface area (Å²) in [5.41, 5.74) is 1.83. The van der Waals surface area contributed by atoms with Crippen molar-refractivity contribution < 1.29 is 4.74 Å². The first-order valence-electron chi connectivity index (χ1n) is 9.95. The third-order valence-electron chi connectivity index (χ3n) is 6.84. The van der Waals surface area contributed by atoms with Crippen molar-refractivity contribution in [1.29, 1.82) is 0 Å². The SMILES string of the molecule is CN=C(NCC1(c2ccccc2Cl)CCOCC1)N1CCC2(CCC2)C1.I. The molecule has 0 atom stereocenters. The zero-order valence-corrected chi connectivity index (χ0v) is 19.3. The number of guanidine groups is 1. The molecule has 4 rings (SSSR count). The molecule has 150 valence electrons. The molecule has 0 amide bonds. The normalized spacial score (nSPS) is 23.6. The molecular weight excluding hydrogens is 473 g/mol. The molecule has 6 heteroatoms. The maximum atomic E-state index is 6.58. The maximum Gasteiger partial charge on any atom is 0.193 e. The maximum absolute atomic E-state index is 6.58. The summed E-state index contributed by atoms with van der Waals surface area (Å²) in [6, 6.07) is 8.28. The number of hydrogen-bond acceptors (Lipinski definition) is 2. The minimum absolute atomic E-state index is 0. The van der Waals surface area contributed by atoms with Gasteiger partial charge in [-0.15, -0.1) is 24.0 Å². The summed E-state index contributed by atoms with van der Waals surface area (Å²) in [7, 11) is 1.90. The second-order valence-electron chi connectivity index (χ2n) is 8.30. The predicted octanol–water partition coefficient (Wildman–Crippen LogP) is 4.46. The van der Waals surface area contributed by atoms with Crippen LogP contribution in [0.5, 0.6) is 0 Å². The zero-order valence-electron chi connectivity index (χ0n) is 16.2. The Morgan fingerprint density at radius 2 is 1.93 bits per heavy atom. The van der Waals surface area contributed by atoms with Gasteiger partial charge >= 0.3 is 0 Å². The summed E-state index contributed by atoms with van der Waals surface area (Å²) >= 11 is 6.58. The van der Waals surface area contributed by atoms with Crippen molar-refractivity contribution in [3.8, 4) is 0 Å². The average Bonchev–Trinajstić information content (AvgIpc) is 3.09. The lowest BCUT2D eigenvalue weighted by Crippen LogP contribution is -2.49. The van der Waals surface area contributed by atoms with Gasteiger partial charge in [-0.25, -0.2) is 0 Å². The van der Waals surface area contributed by atoms with Crippen molar-refractivity contribution in [1.82, 2.24) is 10.2 Å². The van der Waals surface area contributed by atoms with Gasteiger partial charge in [0.25, 0.3) is 0 Å². The van der Waals surface area contributed by atoms with Gasteiger partial charge in [-0.2, -0.15) is 0 Å². The Bertz CT molecular complexity index is 671. The van der Waals surface area contributed by atoms with Crippen molar-refractivity contribution in [2.45, 2.75) is 43.9 Å². The zero-order chi connectivity index (χ0) is 18.0. The molecule has 1 aromatic rings. The summed E-state index contributed by atoms with van der Waals surface area (Å²) in [5.74, 6) is 1.05. The van der Waals surface area contributed by atoms with Gasteiger partial charge in [0.15, 0.2) is 5.96 Å². The summed E-state index contributed by atoms with van der Waals surface area (Å²) in [5, 5.41) is 4.56. The summed E-state index contributed by atoms with van der Waals surface area (Å²) in [6.07, 6.45) is 7.48. The van der Waals surface area contributed by atoms with Gasteiger partial charge in [-0.05, 0) is 49.1 Å². The number of nitrogens with zero attached hydrogens (tertiary/aromatic N) is 2. The number of halogens is 2. The third-order valence-corrected chi connectivity index (χ3v) is 7.17. The van der Waals surface area contributed by atoms with Crippen molar-refractivity contribution in [2.75, 3.05) is 39.9 Å².